The summed E-state index contributed by atoms with van der Waals surface area (Å²) >= 11 is 1.43. The number of carbonyl (C=O) groups is 2. The zero-order chi connectivity index (χ0) is 20.2. The molecule has 8 heteroatoms. The predicted molar refractivity (Wildman–Crippen MR) is 110 cm³/mol. The van der Waals surface area contributed by atoms with Crippen LogP contribution in [0.2, 0.25) is 0 Å². The van der Waals surface area contributed by atoms with E-state index >= 15 is 0 Å². The molecule has 0 spiro atoms. The van der Waals surface area contributed by atoms with Crippen LogP contribution in [-0.2, 0) is 9.53 Å². The minimum atomic E-state index is -0.567. The number of thiazole rings is 1. The van der Waals surface area contributed by atoms with E-state index in [-0.39, 0.29) is 12.5 Å². The van der Waals surface area contributed by atoms with Gasteiger partial charge in [0.15, 0.2) is 23.9 Å². The van der Waals surface area contributed by atoms with Gasteiger partial charge in [0.2, 0.25) is 0 Å². The van der Waals surface area contributed by atoms with Crippen LogP contribution in [0.5, 0.6) is 0 Å². The number of rotatable bonds is 6. The lowest BCUT2D eigenvalue weighted by Gasteiger charge is -2.17. The highest BCUT2D eigenvalue weighted by atomic mass is 32.1. The number of hydrogen-bond donors (Lipinski definition) is 0. The van der Waals surface area contributed by atoms with Crippen molar-refractivity contribution in [2.75, 3.05) is 18.1 Å². The Kier molecular flexibility index (Phi) is 5.35. The molecule has 146 valence electrons. The first-order valence-corrected chi connectivity index (χ1v) is 9.79. The van der Waals surface area contributed by atoms with Gasteiger partial charge in [-0.1, -0.05) is 35.6 Å². The van der Waals surface area contributed by atoms with Crippen LogP contribution in [0.25, 0.3) is 21.5 Å². The lowest BCUT2D eigenvalue weighted by Crippen LogP contribution is -2.34. The summed E-state index contributed by atoms with van der Waals surface area (Å²) in [4.78, 5) is 34.8. The van der Waals surface area contributed by atoms with Gasteiger partial charge in [-0.15, -0.1) is 0 Å². The summed E-state index contributed by atoms with van der Waals surface area (Å²) < 4.78 is 11.4. The third-order valence-corrected chi connectivity index (χ3v) is 5.35. The van der Waals surface area contributed by atoms with Crippen LogP contribution < -0.4 is 4.90 Å². The second kappa shape index (κ2) is 8.24. The topological polar surface area (TPSA) is 85.5 Å². The summed E-state index contributed by atoms with van der Waals surface area (Å²) in [5.41, 5.74) is 1.98. The summed E-state index contributed by atoms with van der Waals surface area (Å²) in [5.74, 6) is -0.282. The molecule has 29 heavy (non-hydrogen) atoms. The molecule has 4 rings (SSSR count). The number of hydrogen-bond acceptors (Lipinski definition) is 7. The maximum atomic E-state index is 12.6. The fourth-order valence-corrected chi connectivity index (χ4v) is 3.86. The van der Waals surface area contributed by atoms with Crippen molar-refractivity contribution >= 4 is 38.6 Å². The highest BCUT2D eigenvalue weighted by Crippen LogP contribution is 2.28. The van der Waals surface area contributed by atoms with Crippen molar-refractivity contribution in [1.29, 1.82) is 0 Å². The van der Waals surface area contributed by atoms with Crippen LogP contribution in [0.3, 0.4) is 0 Å². The fraction of sp³-hybridized carbons (Fsp3) is 0.143. The van der Waals surface area contributed by atoms with E-state index in [0.717, 1.165) is 15.8 Å². The number of fused-ring (bicyclic) bond motifs is 1. The number of esters is 1. The van der Waals surface area contributed by atoms with E-state index in [1.807, 2.05) is 31.2 Å². The number of oxazole rings is 1. The number of carbonyl (C=O) groups excluding carboxylic acids is 2. The van der Waals surface area contributed by atoms with E-state index in [1.165, 1.54) is 22.6 Å². The second-order valence-electron chi connectivity index (χ2n) is 6.12. The highest BCUT2D eigenvalue weighted by Gasteiger charge is 2.20. The minimum absolute atomic E-state index is 0.321. The van der Waals surface area contributed by atoms with Gasteiger partial charge in [-0.05, 0) is 31.2 Å². The number of anilines is 1. The number of ether oxygens (including phenoxy) is 1. The van der Waals surface area contributed by atoms with Gasteiger partial charge >= 0.3 is 5.97 Å². The number of benzene rings is 2. The van der Waals surface area contributed by atoms with Crippen LogP contribution in [0.1, 0.15) is 17.3 Å². The molecule has 4 aromatic rings. The quantitative estimate of drug-likeness (QED) is 0.446. The SMILES string of the molecule is CCN(C(=O)COC(=O)c1ccc(-c2cnco2)cc1)c1nc2ccccc2s1. The first-order chi connectivity index (χ1) is 14.2. The third kappa shape index (κ3) is 4.02. The molecule has 0 saturated carbocycles. The monoisotopic (exact) mass is 407 g/mol. The molecule has 2 aromatic heterocycles. The minimum Gasteiger partial charge on any atom is -0.452 e. The van der Waals surface area contributed by atoms with Gasteiger partial charge < -0.3 is 9.15 Å². The average Bonchev–Trinajstić information content (AvgIpc) is 3.42. The number of aromatic nitrogens is 2. The molecule has 0 aliphatic heterocycles. The molecule has 0 fully saturated rings. The molecule has 0 aliphatic carbocycles. The van der Waals surface area contributed by atoms with Crippen LogP contribution in [-0.4, -0.2) is 35.0 Å². The Balaban J connectivity index is 1.40. The molecule has 0 unspecified atom stereocenters. The molecule has 0 bridgehead atoms. The molecule has 1 amide bonds. The lowest BCUT2D eigenvalue weighted by atomic mass is 10.1. The first kappa shape index (κ1) is 18.8. The van der Waals surface area contributed by atoms with E-state index in [9.17, 15) is 9.59 Å². The summed E-state index contributed by atoms with van der Waals surface area (Å²) in [6.07, 6.45) is 2.93. The van der Waals surface area contributed by atoms with Crippen LogP contribution in [0.4, 0.5) is 5.13 Å². The van der Waals surface area contributed by atoms with Gasteiger partial charge in [-0.3, -0.25) is 9.69 Å². The van der Waals surface area contributed by atoms with E-state index < -0.39 is 5.97 Å². The molecule has 0 radical (unpaired) electrons. The largest absolute Gasteiger partial charge is 0.452 e. The fourth-order valence-electron chi connectivity index (χ4n) is 2.81. The molecular weight excluding hydrogens is 390 g/mol. The van der Waals surface area contributed by atoms with Crippen LogP contribution in [0.15, 0.2) is 65.5 Å². The smallest absolute Gasteiger partial charge is 0.338 e. The maximum Gasteiger partial charge on any atom is 0.338 e. The molecule has 7 nitrogen and oxygen atoms in total. The first-order valence-electron chi connectivity index (χ1n) is 8.97. The van der Waals surface area contributed by atoms with Crippen molar-refractivity contribution in [3.05, 3.63) is 66.7 Å². The van der Waals surface area contributed by atoms with Crippen LogP contribution in [0, 0.1) is 0 Å². The maximum absolute atomic E-state index is 12.6. The van der Waals surface area contributed by atoms with Gasteiger partial charge in [0.05, 0.1) is 22.0 Å². The molecule has 2 heterocycles. The molecular formula is C21H17N3O4S. The predicted octanol–water partition coefficient (Wildman–Crippen LogP) is 4.16. The molecule has 0 saturated heterocycles. The van der Waals surface area contributed by atoms with Crippen molar-refractivity contribution < 1.29 is 18.7 Å². The van der Waals surface area contributed by atoms with Crippen molar-refractivity contribution in [2.45, 2.75) is 6.92 Å². The number of likely N-dealkylation sites (N-methyl/N-ethyl adjacent to an activating group) is 1. The number of nitrogens with zero attached hydrogens (tertiary/aromatic N) is 3. The number of para-hydroxylation sites is 1. The normalized spacial score (nSPS) is 10.8. The molecule has 0 N–H and O–H groups in total. The number of amides is 1. The zero-order valence-electron chi connectivity index (χ0n) is 15.6. The van der Waals surface area contributed by atoms with Gasteiger partial charge in [0.25, 0.3) is 5.91 Å². The Morgan fingerprint density at radius 3 is 2.62 bits per heavy atom. The van der Waals surface area contributed by atoms with Gasteiger partial charge in [-0.2, -0.15) is 0 Å². The van der Waals surface area contributed by atoms with Gasteiger partial charge in [-0.25, -0.2) is 14.8 Å². The Labute approximate surface area is 170 Å². The summed E-state index contributed by atoms with van der Waals surface area (Å²) in [6.45, 7) is 1.93. The molecule has 2 aromatic carbocycles. The van der Waals surface area contributed by atoms with E-state index in [1.54, 1.807) is 30.5 Å². The van der Waals surface area contributed by atoms with Crippen molar-refractivity contribution in [1.82, 2.24) is 9.97 Å². The summed E-state index contributed by atoms with van der Waals surface area (Å²) in [5, 5.41) is 0.589. The van der Waals surface area contributed by atoms with E-state index in [0.29, 0.717) is 23.0 Å². The van der Waals surface area contributed by atoms with Crippen molar-refractivity contribution in [2.24, 2.45) is 0 Å². The third-order valence-electron chi connectivity index (χ3n) is 4.29. The van der Waals surface area contributed by atoms with E-state index in [4.69, 9.17) is 9.15 Å². The Hall–Kier alpha value is -3.52. The zero-order valence-corrected chi connectivity index (χ0v) is 16.4. The second-order valence-corrected chi connectivity index (χ2v) is 7.13. The summed E-state index contributed by atoms with van der Waals surface area (Å²) in [7, 11) is 0. The van der Waals surface area contributed by atoms with E-state index in [2.05, 4.69) is 9.97 Å². The molecule has 0 atom stereocenters. The Bertz CT molecular complexity index is 1100. The molecule has 0 aliphatic rings. The van der Waals surface area contributed by atoms with Crippen molar-refractivity contribution in [3.63, 3.8) is 0 Å². The highest BCUT2D eigenvalue weighted by molar-refractivity contribution is 7.22. The Morgan fingerprint density at radius 1 is 1.14 bits per heavy atom. The standard InChI is InChI=1S/C21H17N3O4S/c1-2-24(21-23-16-5-3-4-6-18(16)29-21)19(25)12-27-20(26)15-9-7-14(8-10-15)17-11-22-13-28-17/h3-11,13H,2,12H2,1H3. The van der Waals surface area contributed by atoms with Gasteiger partial charge in [0, 0.05) is 12.1 Å². The average molecular weight is 407 g/mol. The summed E-state index contributed by atoms with van der Waals surface area (Å²) in [6, 6.07) is 14.4. The van der Waals surface area contributed by atoms with Gasteiger partial charge in [0.1, 0.15) is 0 Å². The lowest BCUT2D eigenvalue weighted by molar-refractivity contribution is -0.121. The van der Waals surface area contributed by atoms with Crippen LogP contribution >= 0.6 is 11.3 Å². The van der Waals surface area contributed by atoms with Crippen molar-refractivity contribution in [3.8, 4) is 11.3 Å². The Morgan fingerprint density at radius 2 is 1.93 bits per heavy atom.